The SMILES string of the molecule is COc1ccc(CNC(=O)[C@H](C)N(Cc2ccc(F)cc2)C(=O)COc2ccccc2)cc1. The van der Waals surface area contributed by atoms with E-state index in [1.54, 1.807) is 38.3 Å². The van der Waals surface area contributed by atoms with E-state index in [1.807, 2.05) is 42.5 Å². The maximum Gasteiger partial charge on any atom is 0.261 e. The van der Waals surface area contributed by atoms with E-state index in [0.29, 0.717) is 17.9 Å². The van der Waals surface area contributed by atoms with Crippen LogP contribution in [0.4, 0.5) is 4.39 Å². The van der Waals surface area contributed by atoms with Crippen LogP contribution >= 0.6 is 0 Å². The third-order valence-corrected chi connectivity index (χ3v) is 5.16. The number of hydrogen-bond donors (Lipinski definition) is 1. The van der Waals surface area contributed by atoms with Gasteiger partial charge in [-0.2, -0.15) is 0 Å². The highest BCUT2D eigenvalue weighted by molar-refractivity contribution is 5.87. The second kappa shape index (κ2) is 11.7. The summed E-state index contributed by atoms with van der Waals surface area (Å²) < 4.78 is 24.0. The Morgan fingerprint density at radius 1 is 0.909 bits per heavy atom. The average molecular weight is 451 g/mol. The smallest absolute Gasteiger partial charge is 0.261 e. The third kappa shape index (κ3) is 7.07. The van der Waals surface area contributed by atoms with Gasteiger partial charge in [0.15, 0.2) is 6.61 Å². The number of ether oxygens (including phenoxy) is 2. The predicted molar refractivity (Wildman–Crippen MR) is 123 cm³/mol. The highest BCUT2D eigenvalue weighted by Crippen LogP contribution is 2.14. The Labute approximate surface area is 192 Å². The van der Waals surface area contributed by atoms with Crippen molar-refractivity contribution in [3.63, 3.8) is 0 Å². The first-order chi connectivity index (χ1) is 16.0. The molecule has 6 nitrogen and oxygen atoms in total. The van der Waals surface area contributed by atoms with Gasteiger partial charge in [-0.25, -0.2) is 4.39 Å². The molecule has 0 bridgehead atoms. The summed E-state index contributed by atoms with van der Waals surface area (Å²) in [6.45, 7) is 1.90. The zero-order valence-electron chi connectivity index (χ0n) is 18.7. The fraction of sp³-hybridized carbons (Fsp3) is 0.231. The Kier molecular flexibility index (Phi) is 8.41. The molecule has 0 heterocycles. The van der Waals surface area contributed by atoms with Crippen molar-refractivity contribution < 1.29 is 23.5 Å². The number of rotatable bonds is 10. The molecule has 0 unspecified atom stereocenters. The molecule has 3 aromatic rings. The zero-order valence-corrected chi connectivity index (χ0v) is 18.7. The lowest BCUT2D eigenvalue weighted by Crippen LogP contribution is -2.48. The number of nitrogens with zero attached hydrogens (tertiary/aromatic N) is 1. The summed E-state index contributed by atoms with van der Waals surface area (Å²) in [5, 5.41) is 2.87. The van der Waals surface area contributed by atoms with Gasteiger partial charge in [0.1, 0.15) is 23.4 Å². The Hall–Kier alpha value is -3.87. The van der Waals surface area contributed by atoms with E-state index in [-0.39, 0.29) is 30.8 Å². The molecule has 0 saturated carbocycles. The van der Waals surface area contributed by atoms with Gasteiger partial charge in [-0.15, -0.1) is 0 Å². The molecule has 0 saturated heterocycles. The molecule has 0 aromatic heterocycles. The van der Waals surface area contributed by atoms with Crippen LogP contribution in [0.2, 0.25) is 0 Å². The fourth-order valence-corrected chi connectivity index (χ4v) is 3.19. The lowest BCUT2D eigenvalue weighted by atomic mass is 10.1. The molecule has 0 aliphatic carbocycles. The van der Waals surface area contributed by atoms with Crippen LogP contribution in [0.15, 0.2) is 78.9 Å². The van der Waals surface area contributed by atoms with Crippen molar-refractivity contribution >= 4 is 11.8 Å². The quantitative estimate of drug-likeness (QED) is 0.508. The highest BCUT2D eigenvalue weighted by atomic mass is 19.1. The number of benzene rings is 3. The normalized spacial score (nSPS) is 11.4. The van der Waals surface area contributed by atoms with Gasteiger partial charge in [0, 0.05) is 13.1 Å². The molecule has 0 spiro atoms. The third-order valence-electron chi connectivity index (χ3n) is 5.16. The van der Waals surface area contributed by atoms with Gasteiger partial charge >= 0.3 is 0 Å². The van der Waals surface area contributed by atoms with Gasteiger partial charge in [-0.1, -0.05) is 42.5 Å². The summed E-state index contributed by atoms with van der Waals surface area (Å²) in [6.07, 6.45) is 0. The molecule has 1 atom stereocenters. The maximum atomic E-state index is 13.3. The molecule has 1 N–H and O–H groups in total. The monoisotopic (exact) mass is 450 g/mol. The molecule has 0 radical (unpaired) electrons. The number of nitrogens with one attached hydrogen (secondary N) is 1. The van der Waals surface area contributed by atoms with Crippen molar-refractivity contribution in [2.75, 3.05) is 13.7 Å². The predicted octanol–water partition coefficient (Wildman–Crippen LogP) is 3.95. The first-order valence-corrected chi connectivity index (χ1v) is 10.6. The van der Waals surface area contributed by atoms with Crippen molar-refractivity contribution in [3.8, 4) is 11.5 Å². The molecule has 0 fully saturated rings. The second-order valence-electron chi connectivity index (χ2n) is 7.49. The van der Waals surface area contributed by atoms with Crippen LogP contribution in [0.5, 0.6) is 11.5 Å². The van der Waals surface area contributed by atoms with Crippen LogP contribution in [-0.2, 0) is 22.7 Å². The average Bonchev–Trinajstić information content (AvgIpc) is 2.86. The summed E-state index contributed by atoms with van der Waals surface area (Å²) in [6, 6.07) is 21.4. The molecular weight excluding hydrogens is 423 g/mol. The zero-order chi connectivity index (χ0) is 23.6. The summed E-state index contributed by atoms with van der Waals surface area (Å²) in [5.41, 5.74) is 1.61. The molecule has 33 heavy (non-hydrogen) atoms. The number of carbonyl (C=O) groups excluding carboxylic acids is 2. The number of carbonyl (C=O) groups is 2. The Bertz CT molecular complexity index is 1040. The molecule has 3 aromatic carbocycles. The summed E-state index contributed by atoms with van der Waals surface area (Å²) >= 11 is 0. The lowest BCUT2D eigenvalue weighted by Gasteiger charge is -2.28. The van der Waals surface area contributed by atoms with E-state index >= 15 is 0 Å². The first-order valence-electron chi connectivity index (χ1n) is 10.6. The number of hydrogen-bond acceptors (Lipinski definition) is 4. The number of methoxy groups -OCH3 is 1. The van der Waals surface area contributed by atoms with Gasteiger partial charge < -0.3 is 19.7 Å². The van der Waals surface area contributed by atoms with Crippen molar-refractivity contribution in [1.29, 1.82) is 0 Å². The summed E-state index contributed by atoms with van der Waals surface area (Å²) in [5.74, 6) is 0.266. The highest BCUT2D eigenvalue weighted by Gasteiger charge is 2.26. The minimum atomic E-state index is -0.764. The van der Waals surface area contributed by atoms with Gasteiger partial charge in [-0.05, 0) is 54.4 Å². The second-order valence-corrected chi connectivity index (χ2v) is 7.49. The van der Waals surface area contributed by atoms with Gasteiger partial charge in [-0.3, -0.25) is 9.59 Å². The molecular formula is C26H27FN2O4. The van der Waals surface area contributed by atoms with Crippen LogP contribution in [0.3, 0.4) is 0 Å². The van der Waals surface area contributed by atoms with Gasteiger partial charge in [0.05, 0.1) is 7.11 Å². The van der Waals surface area contributed by atoms with Crippen molar-refractivity contribution in [2.24, 2.45) is 0 Å². The molecule has 0 aliphatic rings. The summed E-state index contributed by atoms with van der Waals surface area (Å²) in [7, 11) is 1.59. The van der Waals surface area contributed by atoms with E-state index in [9.17, 15) is 14.0 Å². The molecule has 7 heteroatoms. The van der Waals surface area contributed by atoms with E-state index in [0.717, 1.165) is 11.3 Å². The van der Waals surface area contributed by atoms with Crippen LogP contribution in [0.1, 0.15) is 18.1 Å². The number of para-hydroxylation sites is 1. The molecule has 3 rings (SSSR count). The minimum absolute atomic E-state index is 0.147. The Morgan fingerprint density at radius 3 is 2.18 bits per heavy atom. The minimum Gasteiger partial charge on any atom is -0.497 e. The van der Waals surface area contributed by atoms with E-state index in [2.05, 4.69) is 5.32 Å². The number of amides is 2. The Morgan fingerprint density at radius 2 is 1.55 bits per heavy atom. The molecule has 172 valence electrons. The van der Waals surface area contributed by atoms with Crippen LogP contribution in [0, 0.1) is 5.82 Å². The topological polar surface area (TPSA) is 67.9 Å². The van der Waals surface area contributed by atoms with E-state index < -0.39 is 6.04 Å². The Balaban J connectivity index is 1.67. The molecule has 2 amide bonds. The van der Waals surface area contributed by atoms with Crippen molar-refractivity contribution in [1.82, 2.24) is 10.2 Å². The standard InChI is InChI=1S/C26H27FN2O4/c1-19(26(31)28-16-20-10-14-23(32-2)15-11-20)29(17-21-8-12-22(27)13-9-21)25(30)18-33-24-6-4-3-5-7-24/h3-15,19H,16-18H2,1-2H3,(H,28,31)/t19-/m0/s1. The van der Waals surface area contributed by atoms with Gasteiger partial charge in [0.2, 0.25) is 5.91 Å². The number of halogens is 1. The van der Waals surface area contributed by atoms with Gasteiger partial charge in [0.25, 0.3) is 5.91 Å². The van der Waals surface area contributed by atoms with Crippen LogP contribution < -0.4 is 14.8 Å². The van der Waals surface area contributed by atoms with Crippen molar-refractivity contribution in [2.45, 2.75) is 26.1 Å². The maximum absolute atomic E-state index is 13.3. The molecule has 0 aliphatic heterocycles. The fourth-order valence-electron chi connectivity index (χ4n) is 3.19. The first kappa shape index (κ1) is 23.8. The van der Waals surface area contributed by atoms with Crippen LogP contribution in [-0.4, -0.2) is 36.5 Å². The van der Waals surface area contributed by atoms with E-state index in [1.165, 1.54) is 17.0 Å². The largest absolute Gasteiger partial charge is 0.497 e. The van der Waals surface area contributed by atoms with Crippen molar-refractivity contribution in [3.05, 3.63) is 95.8 Å². The van der Waals surface area contributed by atoms with E-state index in [4.69, 9.17) is 9.47 Å². The summed E-state index contributed by atoms with van der Waals surface area (Å²) in [4.78, 5) is 27.3. The van der Waals surface area contributed by atoms with Crippen LogP contribution in [0.25, 0.3) is 0 Å². The lowest BCUT2D eigenvalue weighted by molar-refractivity contribution is -0.142.